The fourth-order valence-electron chi connectivity index (χ4n) is 1.76. The predicted octanol–water partition coefficient (Wildman–Crippen LogP) is 1.89. The van der Waals surface area contributed by atoms with Crippen molar-refractivity contribution in [1.29, 1.82) is 0 Å². The second kappa shape index (κ2) is 5.95. The van der Waals surface area contributed by atoms with Crippen molar-refractivity contribution in [2.75, 3.05) is 5.32 Å². The van der Waals surface area contributed by atoms with E-state index in [2.05, 4.69) is 15.3 Å². The van der Waals surface area contributed by atoms with Crippen molar-refractivity contribution in [3.63, 3.8) is 0 Å². The van der Waals surface area contributed by atoms with Gasteiger partial charge in [-0.1, -0.05) is 30.3 Å². The van der Waals surface area contributed by atoms with Gasteiger partial charge in [0.15, 0.2) is 0 Å². The van der Waals surface area contributed by atoms with Crippen LogP contribution < -0.4 is 5.32 Å². The lowest BCUT2D eigenvalue weighted by Gasteiger charge is -2.15. The molecule has 1 aromatic carbocycles. The highest BCUT2D eigenvalue weighted by molar-refractivity contribution is 5.77. The highest BCUT2D eigenvalue weighted by Crippen LogP contribution is 2.09. The molecule has 19 heavy (non-hydrogen) atoms. The molecule has 1 heterocycles. The normalized spacial score (nSPS) is 11.8. The Morgan fingerprint density at radius 2 is 2.05 bits per heavy atom. The third-order valence-electron chi connectivity index (χ3n) is 2.68. The summed E-state index contributed by atoms with van der Waals surface area (Å²) in [4.78, 5) is 19.4. The van der Waals surface area contributed by atoms with Crippen LogP contribution in [0.15, 0.2) is 42.6 Å². The summed E-state index contributed by atoms with van der Waals surface area (Å²) in [5, 5.41) is 12.2. The quantitative estimate of drug-likeness (QED) is 0.855. The zero-order valence-electron chi connectivity index (χ0n) is 10.6. The van der Waals surface area contributed by atoms with Gasteiger partial charge < -0.3 is 10.4 Å². The van der Waals surface area contributed by atoms with Crippen molar-refractivity contribution in [2.45, 2.75) is 19.4 Å². The van der Waals surface area contributed by atoms with Gasteiger partial charge in [0.1, 0.15) is 17.7 Å². The second-order valence-electron chi connectivity index (χ2n) is 4.21. The summed E-state index contributed by atoms with van der Waals surface area (Å²) in [5.41, 5.74) is 0.966. The topological polar surface area (TPSA) is 75.1 Å². The maximum atomic E-state index is 11.3. The average molecular weight is 257 g/mol. The highest BCUT2D eigenvalue weighted by Gasteiger charge is 2.18. The molecule has 5 heteroatoms. The van der Waals surface area contributed by atoms with Gasteiger partial charge >= 0.3 is 5.97 Å². The Morgan fingerprint density at radius 1 is 1.32 bits per heavy atom. The summed E-state index contributed by atoms with van der Waals surface area (Å²) >= 11 is 0. The van der Waals surface area contributed by atoms with Crippen LogP contribution in [0.3, 0.4) is 0 Å². The number of carbonyl (C=O) groups is 1. The standard InChI is InChI=1S/C14H15N3O2/c1-10-15-8-7-13(16-10)17-12(14(18)19)9-11-5-3-2-4-6-11/h2-8,12H,9H2,1H3,(H,18,19)(H,15,16,17). The number of carboxylic acids is 1. The number of benzene rings is 1. The van der Waals surface area contributed by atoms with Gasteiger partial charge in [-0.25, -0.2) is 14.8 Å². The third-order valence-corrected chi connectivity index (χ3v) is 2.68. The van der Waals surface area contributed by atoms with Gasteiger partial charge in [-0.3, -0.25) is 0 Å². The lowest BCUT2D eigenvalue weighted by molar-refractivity contribution is -0.137. The van der Waals surface area contributed by atoms with E-state index in [-0.39, 0.29) is 0 Å². The largest absolute Gasteiger partial charge is 0.480 e. The van der Waals surface area contributed by atoms with Crippen LogP contribution in [0.1, 0.15) is 11.4 Å². The van der Waals surface area contributed by atoms with Gasteiger partial charge in [0.05, 0.1) is 0 Å². The maximum Gasteiger partial charge on any atom is 0.326 e. The van der Waals surface area contributed by atoms with Crippen molar-refractivity contribution in [3.05, 3.63) is 54.0 Å². The molecule has 1 atom stereocenters. The van der Waals surface area contributed by atoms with Crippen molar-refractivity contribution in [3.8, 4) is 0 Å². The van der Waals surface area contributed by atoms with Crippen molar-refractivity contribution < 1.29 is 9.90 Å². The van der Waals surface area contributed by atoms with Crippen LogP contribution in [0.2, 0.25) is 0 Å². The number of hydrogen-bond donors (Lipinski definition) is 2. The van der Waals surface area contributed by atoms with E-state index in [1.54, 1.807) is 19.2 Å². The molecule has 0 radical (unpaired) electrons. The first-order valence-electron chi connectivity index (χ1n) is 5.98. The first-order valence-corrected chi connectivity index (χ1v) is 5.98. The number of nitrogens with one attached hydrogen (secondary N) is 1. The SMILES string of the molecule is Cc1nccc(NC(Cc2ccccc2)C(=O)O)n1. The van der Waals surface area contributed by atoms with Crippen molar-refractivity contribution in [1.82, 2.24) is 9.97 Å². The third kappa shape index (κ3) is 3.77. The summed E-state index contributed by atoms with van der Waals surface area (Å²) in [7, 11) is 0. The molecule has 2 aromatic rings. The number of aliphatic carboxylic acids is 1. The molecule has 2 rings (SSSR count). The minimum absolute atomic E-state index is 0.402. The number of rotatable bonds is 5. The predicted molar refractivity (Wildman–Crippen MR) is 72.0 cm³/mol. The number of nitrogens with zero attached hydrogens (tertiary/aromatic N) is 2. The van der Waals surface area contributed by atoms with Gasteiger partial charge in [0.2, 0.25) is 0 Å². The van der Waals surface area contributed by atoms with Gasteiger partial charge in [0.25, 0.3) is 0 Å². The molecule has 0 fully saturated rings. The van der Waals surface area contributed by atoms with Crippen LogP contribution in [0.25, 0.3) is 0 Å². The van der Waals surface area contributed by atoms with Crippen LogP contribution in [-0.4, -0.2) is 27.1 Å². The zero-order chi connectivity index (χ0) is 13.7. The number of aryl methyl sites for hydroxylation is 1. The second-order valence-corrected chi connectivity index (χ2v) is 4.21. The molecule has 0 aliphatic carbocycles. The van der Waals surface area contributed by atoms with E-state index < -0.39 is 12.0 Å². The van der Waals surface area contributed by atoms with Crippen molar-refractivity contribution in [2.24, 2.45) is 0 Å². The van der Waals surface area contributed by atoms with E-state index >= 15 is 0 Å². The van der Waals surface area contributed by atoms with E-state index in [1.807, 2.05) is 30.3 Å². The minimum Gasteiger partial charge on any atom is -0.480 e. The average Bonchev–Trinajstić information content (AvgIpc) is 2.39. The zero-order valence-corrected chi connectivity index (χ0v) is 10.6. The molecule has 0 aliphatic heterocycles. The number of aromatic nitrogens is 2. The molecular formula is C14H15N3O2. The molecule has 0 bridgehead atoms. The Labute approximate surface area is 111 Å². The molecule has 0 saturated heterocycles. The van der Waals surface area contributed by atoms with Crippen LogP contribution >= 0.6 is 0 Å². The molecular weight excluding hydrogens is 242 g/mol. The Morgan fingerprint density at radius 3 is 2.68 bits per heavy atom. The molecule has 5 nitrogen and oxygen atoms in total. The number of carboxylic acid groups (broad SMARTS) is 1. The first kappa shape index (κ1) is 13.0. The van der Waals surface area contributed by atoms with Gasteiger partial charge in [-0.2, -0.15) is 0 Å². The van der Waals surface area contributed by atoms with E-state index in [0.717, 1.165) is 5.56 Å². The Hall–Kier alpha value is -2.43. The molecule has 1 unspecified atom stereocenters. The molecule has 1 aromatic heterocycles. The summed E-state index contributed by atoms with van der Waals surface area (Å²) in [5.74, 6) is 0.227. The van der Waals surface area contributed by atoms with Gasteiger partial charge in [-0.05, 0) is 18.6 Å². The lowest BCUT2D eigenvalue weighted by atomic mass is 10.1. The van der Waals surface area contributed by atoms with Gasteiger partial charge in [-0.15, -0.1) is 0 Å². The summed E-state index contributed by atoms with van der Waals surface area (Å²) in [6.45, 7) is 1.76. The smallest absolute Gasteiger partial charge is 0.326 e. The van der Waals surface area contributed by atoms with E-state index in [4.69, 9.17) is 0 Å². The van der Waals surface area contributed by atoms with Crippen LogP contribution in [0.4, 0.5) is 5.82 Å². The Balaban J connectivity index is 2.11. The van der Waals surface area contributed by atoms with E-state index in [9.17, 15) is 9.90 Å². The highest BCUT2D eigenvalue weighted by atomic mass is 16.4. The summed E-state index contributed by atoms with van der Waals surface area (Å²) < 4.78 is 0. The number of hydrogen-bond acceptors (Lipinski definition) is 4. The summed E-state index contributed by atoms with van der Waals surface area (Å²) in [6.07, 6.45) is 2.01. The van der Waals surface area contributed by atoms with Crippen LogP contribution in [0.5, 0.6) is 0 Å². The first-order chi connectivity index (χ1) is 9.15. The molecule has 2 N–H and O–H groups in total. The fourth-order valence-corrected chi connectivity index (χ4v) is 1.76. The van der Waals surface area contributed by atoms with E-state index in [1.165, 1.54) is 0 Å². The van der Waals surface area contributed by atoms with Crippen molar-refractivity contribution >= 4 is 11.8 Å². The lowest BCUT2D eigenvalue weighted by Crippen LogP contribution is -2.32. The molecule has 0 saturated carbocycles. The van der Waals surface area contributed by atoms with Gasteiger partial charge in [0, 0.05) is 12.6 Å². The fraction of sp³-hybridized carbons (Fsp3) is 0.214. The Kier molecular flexibility index (Phi) is 4.07. The van der Waals surface area contributed by atoms with Crippen LogP contribution in [0, 0.1) is 6.92 Å². The maximum absolute atomic E-state index is 11.3. The minimum atomic E-state index is -0.903. The van der Waals surface area contributed by atoms with E-state index in [0.29, 0.717) is 18.1 Å². The molecule has 0 amide bonds. The number of anilines is 1. The summed E-state index contributed by atoms with van der Waals surface area (Å²) in [6, 6.07) is 10.4. The molecule has 0 spiro atoms. The molecule has 0 aliphatic rings. The Bertz CT molecular complexity index is 558. The molecule has 98 valence electrons. The van der Waals surface area contributed by atoms with Crippen LogP contribution in [-0.2, 0) is 11.2 Å². The monoisotopic (exact) mass is 257 g/mol.